The van der Waals surface area contributed by atoms with Crippen molar-refractivity contribution in [2.75, 3.05) is 10.7 Å². The minimum atomic E-state index is -5.26. The molecule has 3 aromatic rings. The molecule has 1 amide bonds. The van der Waals surface area contributed by atoms with Crippen molar-refractivity contribution in [2.24, 2.45) is 4.40 Å². The van der Waals surface area contributed by atoms with Crippen molar-refractivity contribution in [3.63, 3.8) is 0 Å². The molecule has 0 bridgehead atoms. The summed E-state index contributed by atoms with van der Waals surface area (Å²) >= 11 is 0.862. The van der Waals surface area contributed by atoms with E-state index in [1.807, 2.05) is 0 Å². The van der Waals surface area contributed by atoms with Crippen molar-refractivity contribution in [1.29, 1.82) is 0 Å². The minimum Gasteiger partial charge on any atom is -0.273 e. The molecule has 0 N–H and O–H groups in total. The van der Waals surface area contributed by atoms with Crippen LogP contribution in [0.5, 0.6) is 0 Å². The Labute approximate surface area is 197 Å². The van der Waals surface area contributed by atoms with Crippen LogP contribution in [0.4, 0.5) is 32.0 Å². The van der Waals surface area contributed by atoms with Gasteiger partial charge in [-0.1, -0.05) is 30.0 Å². The zero-order chi connectivity index (χ0) is 25.6. The Kier molecular flexibility index (Phi) is 6.12. The van der Waals surface area contributed by atoms with Gasteiger partial charge in [0, 0.05) is 5.69 Å². The number of benzene rings is 2. The molecule has 0 spiro atoms. The van der Waals surface area contributed by atoms with E-state index in [9.17, 15) is 39.6 Å². The molecule has 2 heterocycles. The number of hydrogen-bond acceptors (Lipinski definition) is 6. The highest BCUT2D eigenvalue weighted by Crippen LogP contribution is 2.36. The second-order valence-electron chi connectivity index (χ2n) is 6.87. The first kappa shape index (κ1) is 24.7. The maximum absolute atomic E-state index is 13.2. The third-order valence-electron chi connectivity index (χ3n) is 4.54. The van der Waals surface area contributed by atoms with Gasteiger partial charge < -0.3 is 0 Å². The Morgan fingerprint density at radius 2 is 1.37 bits per heavy atom. The molecule has 8 nitrogen and oxygen atoms in total. The fourth-order valence-corrected chi connectivity index (χ4v) is 5.18. The van der Waals surface area contributed by atoms with E-state index in [4.69, 9.17) is 0 Å². The number of halogens is 6. The van der Waals surface area contributed by atoms with Crippen LogP contribution in [0.3, 0.4) is 0 Å². The molecule has 1 aliphatic heterocycles. The Hall–Kier alpha value is -3.40. The maximum atomic E-state index is 13.2. The largest absolute Gasteiger partial charge is 0.452 e. The second-order valence-corrected chi connectivity index (χ2v) is 9.42. The number of nitrogens with zero attached hydrogens (tertiary/aromatic N) is 5. The number of amides is 1. The Morgan fingerprint density at radius 3 is 1.89 bits per heavy atom. The number of sulfonamides is 1. The number of carbonyl (C=O) groups excluding carboxylic acids is 1. The summed E-state index contributed by atoms with van der Waals surface area (Å²) < 4.78 is 108. The summed E-state index contributed by atoms with van der Waals surface area (Å²) in [6.45, 7) is 0. The topological polar surface area (TPSA) is 97.5 Å². The van der Waals surface area contributed by atoms with Crippen molar-refractivity contribution in [3.8, 4) is 5.69 Å². The van der Waals surface area contributed by atoms with E-state index in [1.54, 1.807) is 30.3 Å². The normalized spacial score (nSPS) is 16.3. The first-order chi connectivity index (χ1) is 16.3. The molecular formula is C19H11F6N5O3S2. The SMILES string of the molecule is O=C1CS/C(=N/S(=O)(=O)c2ccc(-n3c(C(F)(F)F)nnc3C(F)(F)F)cc2)N1c1ccccc1. The van der Waals surface area contributed by atoms with Gasteiger partial charge in [-0.05, 0) is 36.4 Å². The molecule has 184 valence electrons. The zero-order valence-corrected chi connectivity index (χ0v) is 18.6. The Bertz CT molecular complexity index is 1370. The van der Waals surface area contributed by atoms with E-state index >= 15 is 0 Å². The molecule has 0 unspecified atom stereocenters. The van der Waals surface area contributed by atoms with Gasteiger partial charge in [-0.25, -0.2) is 0 Å². The number of carbonyl (C=O) groups is 1. The third-order valence-corrected chi connectivity index (χ3v) is 6.86. The summed E-state index contributed by atoms with van der Waals surface area (Å²) in [5.74, 6) is -4.35. The van der Waals surface area contributed by atoms with Crippen molar-refractivity contribution < 1.29 is 39.6 Å². The molecule has 2 aromatic carbocycles. The summed E-state index contributed by atoms with van der Waals surface area (Å²) in [6.07, 6.45) is -10.5. The van der Waals surface area contributed by atoms with Crippen LogP contribution in [0.2, 0.25) is 0 Å². The van der Waals surface area contributed by atoms with E-state index in [2.05, 4.69) is 14.6 Å². The van der Waals surface area contributed by atoms with Gasteiger partial charge in [0.15, 0.2) is 5.17 Å². The highest BCUT2D eigenvalue weighted by Gasteiger charge is 2.45. The monoisotopic (exact) mass is 535 g/mol. The van der Waals surface area contributed by atoms with Crippen LogP contribution in [-0.2, 0) is 27.2 Å². The molecule has 0 aliphatic carbocycles. The second kappa shape index (κ2) is 8.67. The molecule has 4 rings (SSSR count). The standard InChI is InChI=1S/C19H11F6N5O3S2/c20-18(21,22)15-26-27-16(19(23,24)25)30(15)12-6-8-13(9-7-12)35(32,33)28-17-29(14(31)10-34-17)11-4-2-1-3-5-11/h1-9H,10H2/b28-17+. The number of hydrogen-bond donors (Lipinski definition) is 0. The van der Waals surface area contributed by atoms with Crippen LogP contribution in [0.25, 0.3) is 5.69 Å². The highest BCUT2D eigenvalue weighted by molar-refractivity contribution is 8.16. The molecule has 35 heavy (non-hydrogen) atoms. The van der Waals surface area contributed by atoms with Crippen LogP contribution in [0, 0.1) is 0 Å². The number of anilines is 1. The van der Waals surface area contributed by atoms with Crippen LogP contribution in [-0.4, -0.2) is 40.0 Å². The molecule has 0 atom stereocenters. The lowest BCUT2D eigenvalue weighted by atomic mass is 10.3. The summed E-state index contributed by atoms with van der Waals surface area (Å²) in [5, 5.41) is 5.05. The minimum absolute atomic E-state index is 0.0732. The first-order valence-corrected chi connectivity index (χ1v) is 11.8. The quantitative estimate of drug-likeness (QED) is 0.466. The number of aromatic nitrogens is 3. The van der Waals surface area contributed by atoms with Crippen molar-refractivity contribution in [2.45, 2.75) is 17.2 Å². The van der Waals surface area contributed by atoms with Crippen LogP contribution >= 0.6 is 11.8 Å². The van der Waals surface area contributed by atoms with E-state index in [1.165, 1.54) is 0 Å². The van der Waals surface area contributed by atoms with Crippen LogP contribution in [0.15, 0.2) is 63.9 Å². The third kappa shape index (κ3) is 4.88. The van der Waals surface area contributed by atoms with Crippen LogP contribution in [0.1, 0.15) is 11.6 Å². The van der Waals surface area contributed by atoms with E-state index in [0.717, 1.165) is 40.9 Å². The predicted octanol–water partition coefficient (Wildman–Crippen LogP) is 4.13. The molecule has 1 fully saturated rings. The number of rotatable bonds is 4. The van der Waals surface area contributed by atoms with Gasteiger partial charge >= 0.3 is 12.4 Å². The molecule has 16 heteroatoms. The van der Waals surface area contributed by atoms with Gasteiger partial charge in [0.25, 0.3) is 10.0 Å². The fourth-order valence-electron chi connectivity index (χ4n) is 3.08. The average Bonchev–Trinajstić information content (AvgIpc) is 3.38. The number of thioether (sulfide) groups is 1. The number of para-hydroxylation sites is 1. The molecular weight excluding hydrogens is 524 g/mol. The number of amidine groups is 1. The lowest BCUT2D eigenvalue weighted by Crippen LogP contribution is -2.29. The average molecular weight is 535 g/mol. The van der Waals surface area contributed by atoms with Gasteiger partial charge in [0.1, 0.15) is 0 Å². The highest BCUT2D eigenvalue weighted by atomic mass is 32.2. The maximum Gasteiger partial charge on any atom is 0.452 e. The lowest BCUT2D eigenvalue weighted by molar-refractivity contribution is -0.153. The van der Waals surface area contributed by atoms with Crippen molar-refractivity contribution in [3.05, 3.63) is 66.2 Å². The van der Waals surface area contributed by atoms with Gasteiger partial charge in [0.2, 0.25) is 17.6 Å². The van der Waals surface area contributed by atoms with Crippen molar-refractivity contribution >= 4 is 38.5 Å². The molecule has 1 aromatic heterocycles. The van der Waals surface area contributed by atoms with Gasteiger partial charge in [-0.2, -0.15) is 34.8 Å². The summed E-state index contributed by atoms with van der Waals surface area (Å²) in [5.41, 5.74) is -0.295. The van der Waals surface area contributed by atoms with Gasteiger partial charge in [0.05, 0.1) is 16.3 Å². The Balaban J connectivity index is 1.72. The van der Waals surface area contributed by atoms with Crippen LogP contribution < -0.4 is 4.90 Å². The summed E-state index contributed by atoms with van der Waals surface area (Å²) in [4.78, 5) is 12.8. The van der Waals surface area contributed by atoms with E-state index in [-0.39, 0.29) is 15.5 Å². The Morgan fingerprint density at radius 1 is 0.829 bits per heavy atom. The van der Waals surface area contributed by atoms with E-state index in [0.29, 0.717) is 5.69 Å². The first-order valence-electron chi connectivity index (χ1n) is 9.35. The molecule has 1 aliphatic rings. The summed E-state index contributed by atoms with van der Waals surface area (Å²) in [7, 11) is -4.48. The smallest absolute Gasteiger partial charge is 0.273 e. The molecule has 0 radical (unpaired) electrons. The fraction of sp³-hybridized carbons (Fsp3) is 0.158. The van der Waals surface area contributed by atoms with Gasteiger partial charge in [-0.3, -0.25) is 14.3 Å². The predicted molar refractivity (Wildman–Crippen MR) is 112 cm³/mol. The van der Waals surface area contributed by atoms with E-state index < -0.39 is 50.5 Å². The number of alkyl halides is 6. The summed E-state index contributed by atoms with van der Waals surface area (Å²) in [6, 6.07) is 11.2. The van der Waals surface area contributed by atoms with Crippen molar-refractivity contribution in [1.82, 2.24) is 14.8 Å². The molecule has 0 saturated carbocycles. The zero-order valence-electron chi connectivity index (χ0n) is 16.9. The van der Waals surface area contributed by atoms with Gasteiger partial charge in [-0.15, -0.1) is 14.6 Å². The lowest BCUT2D eigenvalue weighted by Gasteiger charge is -2.16. The molecule has 1 saturated heterocycles.